The van der Waals surface area contributed by atoms with Crippen LogP contribution < -0.4 is 11.2 Å². The van der Waals surface area contributed by atoms with Crippen molar-refractivity contribution in [2.75, 3.05) is 5.73 Å². The van der Waals surface area contributed by atoms with E-state index >= 15 is 0 Å². The number of hydrogen-bond acceptors (Lipinski definition) is 13. The van der Waals surface area contributed by atoms with Crippen molar-refractivity contribution >= 4 is 29.3 Å². The van der Waals surface area contributed by atoms with Crippen molar-refractivity contribution in [1.29, 1.82) is 0 Å². The Morgan fingerprint density at radius 1 is 1.00 bits per heavy atom. The number of non-ortho nitro benzene ring substituents is 2. The molecule has 0 bridgehead atoms. The summed E-state index contributed by atoms with van der Waals surface area (Å²) in [4.78, 5) is 34.2. The molecule has 0 saturated heterocycles. The zero-order chi connectivity index (χ0) is 27.5. The van der Waals surface area contributed by atoms with Crippen molar-refractivity contribution in [2.24, 2.45) is 5.10 Å². The van der Waals surface area contributed by atoms with Crippen LogP contribution in [0.15, 0.2) is 74.8 Å². The van der Waals surface area contributed by atoms with Crippen LogP contribution >= 0.6 is 0 Å². The number of carbonyl (C=O) groups is 1. The number of hydrogen-bond donors (Lipinski definition) is 2. The van der Waals surface area contributed by atoms with Gasteiger partial charge in [0.2, 0.25) is 11.6 Å². The van der Waals surface area contributed by atoms with Crippen molar-refractivity contribution < 1.29 is 23.7 Å². The summed E-state index contributed by atoms with van der Waals surface area (Å²) >= 11 is 0. The van der Waals surface area contributed by atoms with Gasteiger partial charge in [0.25, 0.3) is 17.3 Å². The minimum absolute atomic E-state index is 0.0137. The highest BCUT2D eigenvalue weighted by atomic mass is 16.6. The molecule has 3 aromatic heterocycles. The Labute approximate surface area is 215 Å². The summed E-state index contributed by atoms with van der Waals surface area (Å²) in [6, 6.07) is 14.4. The maximum Gasteiger partial charge on any atom is 0.294 e. The van der Waals surface area contributed by atoms with Gasteiger partial charge in [-0.2, -0.15) is 9.78 Å². The molecule has 2 aromatic carbocycles. The first kappa shape index (κ1) is 24.4. The molecule has 17 nitrogen and oxygen atoms in total. The Hall–Kier alpha value is -6.26. The lowest BCUT2D eigenvalue weighted by Gasteiger charge is -2.05. The molecule has 0 aliphatic rings. The maximum atomic E-state index is 13.0. The van der Waals surface area contributed by atoms with Crippen LogP contribution in [0.5, 0.6) is 0 Å². The predicted octanol–water partition coefficient (Wildman–Crippen LogP) is 2.74. The molecule has 194 valence electrons. The van der Waals surface area contributed by atoms with Gasteiger partial charge in [-0.1, -0.05) is 29.5 Å². The van der Waals surface area contributed by atoms with E-state index < -0.39 is 15.8 Å². The molecular weight excluding hydrogens is 516 g/mol. The number of rotatable bonds is 8. The second kappa shape index (κ2) is 10.0. The van der Waals surface area contributed by atoms with Crippen LogP contribution in [-0.2, 0) is 0 Å². The summed E-state index contributed by atoms with van der Waals surface area (Å²) in [7, 11) is 0. The maximum absolute atomic E-state index is 13.0. The number of benzene rings is 2. The summed E-state index contributed by atoms with van der Waals surface area (Å²) in [6.07, 6.45) is 1.20. The molecule has 0 aliphatic heterocycles. The Balaban J connectivity index is 1.41. The quantitative estimate of drug-likeness (QED) is 0.167. The Kier molecular flexibility index (Phi) is 6.27. The lowest BCUT2D eigenvalue weighted by Crippen LogP contribution is -2.19. The van der Waals surface area contributed by atoms with Crippen LogP contribution in [0.4, 0.5) is 17.2 Å². The fourth-order valence-corrected chi connectivity index (χ4v) is 3.50. The van der Waals surface area contributed by atoms with Crippen LogP contribution in [0.3, 0.4) is 0 Å². The van der Waals surface area contributed by atoms with E-state index in [4.69, 9.17) is 10.2 Å². The summed E-state index contributed by atoms with van der Waals surface area (Å²) in [5.41, 5.74) is 8.15. The molecule has 0 radical (unpaired) electrons. The average Bonchev–Trinajstić information content (AvgIpc) is 3.68. The third kappa shape index (κ3) is 4.89. The van der Waals surface area contributed by atoms with E-state index in [1.165, 1.54) is 48.7 Å². The van der Waals surface area contributed by atoms with Crippen molar-refractivity contribution in [1.82, 2.24) is 30.7 Å². The highest BCUT2D eigenvalue weighted by molar-refractivity contribution is 5.99. The van der Waals surface area contributed by atoms with E-state index in [-0.39, 0.29) is 45.7 Å². The lowest BCUT2D eigenvalue weighted by atomic mass is 10.1. The number of aromatic nitrogens is 5. The highest BCUT2D eigenvalue weighted by Gasteiger charge is 2.26. The van der Waals surface area contributed by atoms with Crippen molar-refractivity contribution in [3.8, 4) is 28.4 Å². The number of furan rings is 1. The highest BCUT2D eigenvalue weighted by Crippen LogP contribution is 2.29. The van der Waals surface area contributed by atoms with Gasteiger partial charge in [-0.05, 0) is 22.4 Å². The van der Waals surface area contributed by atoms with E-state index in [1.807, 2.05) is 0 Å². The van der Waals surface area contributed by atoms with E-state index in [1.54, 1.807) is 18.2 Å². The lowest BCUT2D eigenvalue weighted by molar-refractivity contribution is -0.385. The number of carbonyl (C=O) groups excluding carboxylic acids is 1. The molecule has 5 rings (SSSR count). The minimum Gasteiger partial charge on any atom is -0.455 e. The van der Waals surface area contributed by atoms with E-state index in [0.29, 0.717) is 11.3 Å². The van der Waals surface area contributed by atoms with E-state index in [0.717, 1.165) is 4.68 Å². The van der Waals surface area contributed by atoms with Crippen LogP contribution in [0, 0.1) is 20.2 Å². The summed E-state index contributed by atoms with van der Waals surface area (Å²) in [5, 5.41) is 41.1. The molecule has 3 N–H and O–H groups in total. The number of nitro groups is 2. The number of amides is 1. The van der Waals surface area contributed by atoms with Crippen molar-refractivity contribution in [2.45, 2.75) is 0 Å². The smallest absolute Gasteiger partial charge is 0.294 e. The first-order valence-electron chi connectivity index (χ1n) is 10.8. The fourth-order valence-electron chi connectivity index (χ4n) is 3.50. The van der Waals surface area contributed by atoms with Crippen LogP contribution in [0.2, 0.25) is 0 Å². The molecule has 17 heteroatoms. The summed E-state index contributed by atoms with van der Waals surface area (Å²) < 4.78 is 11.3. The first-order valence-corrected chi connectivity index (χ1v) is 10.8. The monoisotopic (exact) mass is 530 g/mol. The molecule has 0 fully saturated rings. The largest absolute Gasteiger partial charge is 0.455 e. The third-order valence-corrected chi connectivity index (χ3v) is 5.24. The molecule has 3 heterocycles. The number of nitrogens with one attached hydrogen (secondary N) is 1. The van der Waals surface area contributed by atoms with Crippen LogP contribution in [0.25, 0.3) is 28.4 Å². The van der Waals surface area contributed by atoms with Crippen molar-refractivity contribution in [3.05, 3.63) is 92.3 Å². The molecule has 0 unspecified atom stereocenters. The Bertz CT molecular complexity index is 1750. The second-order valence-electron chi connectivity index (χ2n) is 7.69. The standard InChI is InChI=1S/C22H14N10O7/c23-20-21(28-39-27-20)30-19(13-4-2-6-15(10-13)32(36)37)18(25-29-30)22(33)26-24-11-16-7-8-17(38-16)12-3-1-5-14(9-12)31(34)35/h1-11H,(H2,23,27)(H,26,33). The number of nitrogens with zero attached hydrogens (tertiary/aromatic N) is 8. The zero-order valence-electron chi connectivity index (χ0n) is 19.4. The Morgan fingerprint density at radius 3 is 2.36 bits per heavy atom. The number of anilines is 1. The topological polar surface area (TPSA) is 237 Å². The molecular formula is C22H14N10O7. The Morgan fingerprint density at radius 2 is 1.69 bits per heavy atom. The zero-order valence-corrected chi connectivity index (χ0v) is 19.4. The molecule has 39 heavy (non-hydrogen) atoms. The van der Waals surface area contributed by atoms with E-state index in [2.05, 4.69) is 35.8 Å². The van der Waals surface area contributed by atoms with Gasteiger partial charge in [-0.15, -0.1) is 5.10 Å². The van der Waals surface area contributed by atoms with Gasteiger partial charge in [0.1, 0.15) is 17.2 Å². The molecule has 0 aliphatic carbocycles. The van der Waals surface area contributed by atoms with E-state index in [9.17, 15) is 25.0 Å². The van der Waals surface area contributed by atoms with Crippen molar-refractivity contribution in [3.63, 3.8) is 0 Å². The van der Waals surface area contributed by atoms with Gasteiger partial charge in [0, 0.05) is 35.4 Å². The first-order chi connectivity index (χ1) is 18.8. The van der Waals surface area contributed by atoms with Gasteiger partial charge >= 0.3 is 0 Å². The summed E-state index contributed by atoms with van der Waals surface area (Å²) in [6.45, 7) is 0. The molecule has 0 spiro atoms. The SMILES string of the molecule is Nc1nonc1-n1nnc(C(=O)NN=Cc2ccc(-c3cccc([N+](=O)[O-])c3)o2)c1-c1cccc([N+](=O)[O-])c1. The number of nitro benzene ring substituents is 2. The second-order valence-corrected chi connectivity index (χ2v) is 7.69. The number of nitrogen functional groups attached to an aromatic ring is 1. The molecule has 5 aromatic rings. The normalized spacial score (nSPS) is 11.1. The number of nitrogens with two attached hydrogens (primary N) is 1. The average molecular weight is 530 g/mol. The van der Waals surface area contributed by atoms with Gasteiger partial charge in [0.15, 0.2) is 5.69 Å². The molecule has 1 amide bonds. The fraction of sp³-hybridized carbons (Fsp3) is 0. The van der Waals surface area contributed by atoms with Gasteiger partial charge in [0.05, 0.1) is 16.1 Å². The predicted molar refractivity (Wildman–Crippen MR) is 132 cm³/mol. The molecule has 0 saturated carbocycles. The van der Waals surface area contributed by atoms with Crippen LogP contribution in [-0.4, -0.2) is 47.3 Å². The van der Waals surface area contributed by atoms with Gasteiger partial charge < -0.3 is 10.2 Å². The summed E-state index contributed by atoms with van der Waals surface area (Å²) in [5.74, 6) is -0.480. The third-order valence-electron chi connectivity index (χ3n) is 5.24. The van der Waals surface area contributed by atoms with Crippen LogP contribution in [0.1, 0.15) is 16.2 Å². The van der Waals surface area contributed by atoms with Gasteiger partial charge in [-0.3, -0.25) is 25.0 Å². The minimum atomic E-state index is -0.820. The van der Waals surface area contributed by atoms with Gasteiger partial charge in [-0.25, -0.2) is 10.1 Å². The number of hydrazone groups is 1. The molecule has 0 atom stereocenters.